The summed E-state index contributed by atoms with van der Waals surface area (Å²) in [7, 11) is 1.58. The molecule has 1 N–H and O–H groups in total. The standard InChI is InChI=1S/C19H18N4O3S3/c1-26-14-5-2-4-13(9-14)23-10-12(8-16(23)24)17(25)20-18-21-22-19(29-18)28-11-15-6-3-7-27-15/h2-7,9,12H,8,10-11H2,1H3,(H,20,21,25). The summed E-state index contributed by atoms with van der Waals surface area (Å²) in [5.74, 6) is 0.773. The van der Waals surface area contributed by atoms with E-state index in [2.05, 4.69) is 21.6 Å². The Bertz CT molecular complexity index is 1010. The normalized spacial score (nSPS) is 16.2. The second kappa shape index (κ2) is 8.93. The van der Waals surface area contributed by atoms with E-state index in [0.717, 1.165) is 15.8 Å². The zero-order valence-electron chi connectivity index (χ0n) is 15.5. The highest BCUT2D eigenvalue weighted by Crippen LogP contribution is 2.31. The summed E-state index contributed by atoms with van der Waals surface area (Å²) in [5.41, 5.74) is 0.729. The van der Waals surface area contributed by atoms with E-state index in [1.165, 1.54) is 16.2 Å². The lowest BCUT2D eigenvalue weighted by molar-refractivity contribution is -0.122. The van der Waals surface area contributed by atoms with Gasteiger partial charge in [0.25, 0.3) is 0 Å². The molecule has 3 aromatic rings. The Balaban J connectivity index is 1.35. The quantitative estimate of drug-likeness (QED) is 0.438. The molecule has 2 amide bonds. The lowest BCUT2D eigenvalue weighted by Crippen LogP contribution is -2.28. The SMILES string of the molecule is COc1cccc(N2CC(C(=O)Nc3nnc(SCc4cccs4)s3)CC2=O)c1. The number of benzene rings is 1. The molecule has 0 aliphatic carbocycles. The molecule has 4 rings (SSSR count). The molecule has 10 heteroatoms. The molecule has 0 saturated carbocycles. The van der Waals surface area contributed by atoms with Gasteiger partial charge in [0.05, 0.1) is 13.0 Å². The number of carbonyl (C=O) groups is 2. The monoisotopic (exact) mass is 446 g/mol. The van der Waals surface area contributed by atoms with E-state index < -0.39 is 5.92 Å². The van der Waals surface area contributed by atoms with Crippen molar-refractivity contribution in [2.24, 2.45) is 5.92 Å². The molecular formula is C19H18N4O3S3. The lowest BCUT2D eigenvalue weighted by atomic mass is 10.1. The molecule has 0 radical (unpaired) electrons. The molecule has 1 aliphatic heterocycles. The Kier molecular flexibility index (Phi) is 6.12. The van der Waals surface area contributed by atoms with E-state index in [9.17, 15) is 9.59 Å². The van der Waals surface area contributed by atoms with E-state index in [-0.39, 0.29) is 18.2 Å². The van der Waals surface area contributed by atoms with Crippen LogP contribution < -0.4 is 15.0 Å². The van der Waals surface area contributed by atoms with Crippen LogP contribution in [0.15, 0.2) is 46.1 Å². The zero-order valence-corrected chi connectivity index (χ0v) is 18.0. The summed E-state index contributed by atoms with van der Waals surface area (Å²) in [6, 6.07) is 11.4. The van der Waals surface area contributed by atoms with E-state index in [4.69, 9.17) is 4.74 Å². The third-order valence-electron chi connectivity index (χ3n) is 4.42. The van der Waals surface area contributed by atoms with Gasteiger partial charge in [0.15, 0.2) is 4.34 Å². The number of nitrogens with one attached hydrogen (secondary N) is 1. The van der Waals surface area contributed by atoms with Crippen LogP contribution in [-0.4, -0.2) is 35.7 Å². The molecular weight excluding hydrogens is 428 g/mol. The molecule has 1 saturated heterocycles. The largest absolute Gasteiger partial charge is 0.497 e. The topological polar surface area (TPSA) is 84.4 Å². The number of anilines is 2. The zero-order chi connectivity index (χ0) is 20.2. The van der Waals surface area contributed by atoms with Crippen molar-refractivity contribution in [1.29, 1.82) is 0 Å². The second-order valence-electron chi connectivity index (χ2n) is 6.34. The summed E-state index contributed by atoms with van der Waals surface area (Å²) < 4.78 is 6.02. The van der Waals surface area contributed by atoms with Crippen LogP contribution in [0, 0.1) is 5.92 Å². The molecule has 0 spiro atoms. The molecule has 0 bridgehead atoms. The molecule has 150 valence electrons. The van der Waals surface area contributed by atoms with Crippen LogP contribution in [0.5, 0.6) is 5.75 Å². The number of ether oxygens (including phenoxy) is 1. The predicted octanol–water partition coefficient (Wildman–Crippen LogP) is 3.89. The van der Waals surface area contributed by atoms with Gasteiger partial charge in [0.1, 0.15) is 5.75 Å². The Morgan fingerprint density at radius 1 is 1.34 bits per heavy atom. The molecule has 7 nitrogen and oxygen atoms in total. The highest BCUT2D eigenvalue weighted by Gasteiger charge is 2.35. The van der Waals surface area contributed by atoms with Crippen molar-refractivity contribution in [3.63, 3.8) is 0 Å². The van der Waals surface area contributed by atoms with E-state index in [1.54, 1.807) is 41.2 Å². The van der Waals surface area contributed by atoms with Gasteiger partial charge < -0.3 is 15.0 Å². The van der Waals surface area contributed by atoms with Crippen molar-refractivity contribution >= 4 is 57.1 Å². The third kappa shape index (κ3) is 4.77. The minimum atomic E-state index is -0.431. The van der Waals surface area contributed by atoms with E-state index >= 15 is 0 Å². The molecule has 1 fully saturated rings. The van der Waals surface area contributed by atoms with Crippen molar-refractivity contribution in [1.82, 2.24) is 10.2 Å². The molecule has 2 aromatic heterocycles. The number of nitrogens with zero attached hydrogens (tertiary/aromatic N) is 3. The van der Waals surface area contributed by atoms with Crippen molar-refractivity contribution in [3.8, 4) is 5.75 Å². The Morgan fingerprint density at radius 3 is 3.03 bits per heavy atom. The minimum absolute atomic E-state index is 0.0807. The molecule has 1 aromatic carbocycles. The number of hydrogen-bond donors (Lipinski definition) is 1. The van der Waals surface area contributed by atoms with Gasteiger partial charge in [-0.15, -0.1) is 21.5 Å². The lowest BCUT2D eigenvalue weighted by Gasteiger charge is -2.17. The number of amides is 2. The van der Waals surface area contributed by atoms with Crippen molar-refractivity contribution in [3.05, 3.63) is 46.7 Å². The molecule has 1 atom stereocenters. The van der Waals surface area contributed by atoms with Gasteiger partial charge in [-0.2, -0.15) is 0 Å². The number of aromatic nitrogens is 2. The van der Waals surface area contributed by atoms with Crippen molar-refractivity contribution < 1.29 is 14.3 Å². The molecule has 3 heterocycles. The van der Waals surface area contributed by atoms with Crippen LogP contribution >= 0.6 is 34.4 Å². The fraction of sp³-hybridized carbons (Fsp3) is 0.263. The first-order chi connectivity index (χ1) is 14.1. The number of methoxy groups -OCH3 is 1. The summed E-state index contributed by atoms with van der Waals surface area (Å²) in [4.78, 5) is 27.9. The van der Waals surface area contributed by atoms with Gasteiger partial charge in [-0.25, -0.2) is 0 Å². The third-order valence-corrected chi connectivity index (χ3v) is 7.50. The van der Waals surface area contributed by atoms with Crippen molar-refractivity contribution in [2.45, 2.75) is 16.5 Å². The maximum Gasteiger partial charge on any atom is 0.231 e. The van der Waals surface area contributed by atoms with Gasteiger partial charge >= 0.3 is 0 Å². The second-order valence-corrected chi connectivity index (χ2v) is 9.57. The van der Waals surface area contributed by atoms with Crippen LogP contribution in [0.2, 0.25) is 0 Å². The number of rotatable bonds is 7. The minimum Gasteiger partial charge on any atom is -0.497 e. The average molecular weight is 447 g/mol. The maximum atomic E-state index is 12.6. The molecule has 1 unspecified atom stereocenters. The van der Waals surface area contributed by atoms with Gasteiger partial charge in [-0.1, -0.05) is 35.2 Å². The van der Waals surface area contributed by atoms with E-state index in [1.807, 2.05) is 29.6 Å². The number of thiophene rings is 1. The van der Waals surface area contributed by atoms with Gasteiger partial charge in [0.2, 0.25) is 16.9 Å². The summed E-state index contributed by atoms with van der Waals surface area (Å²) in [6.07, 6.45) is 0.168. The Labute approximate surface area is 180 Å². The first-order valence-corrected chi connectivity index (χ1v) is 11.5. The number of carbonyl (C=O) groups excluding carboxylic acids is 2. The van der Waals surface area contributed by atoms with Crippen LogP contribution in [-0.2, 0) is 15.3 Å². The number of thioether (sulfide) groups is 1. The first kappa shape index (κ1) is 19.9. The van der Waals surface area contributed by atoms with E-state index in [0.29, 0.717) is 17.4 Å². The predicted molar refractivity (Wildman–Crippen MR) is 116 cm³/mol. The smallest absolute Gasteiger partial charge is 0.231 e. The molecule has 29 heavy (non-hydrogen) atoms. The fourth-order valence-electron chi connectivity index (χ4n) is 2.96. The van der Waals surface area contributed by atoms with Crippen LogP contribution in [0.4, 0.5) is 10.8 Å². The Hall–Kier alpha value is -2.43. The Morgan fingerprint density at radius 2 is 2.24 bits per heavy atom. The van der Waals surface area contributed by atoms with Gasteiger partial charge in [0, 0.05) is 35.3 Å². The van der Waals surface area contributed by atoms with Gasteiger partial charge in [-0.05, 0) is 23.6 Å². The van der Waals surface area contributed by atoms with Crippen molar-refractivity contribution in [2.75, 3.05) is 23.9 Å². The highest BCUT2D eigenvalue weighted by molar-refractivity contribution is 8.00. The van der Waals surface area contributed by atoms with Crippen LogP contribution in [0.25, 0.3) is 0 Å². The highest BCUT2D eigenvalue weighted by atomic mass is 32.2. The number of hydrogen-bond acceptors (Lipinski definition) is 8. The maximum absolute atomic E-state index is 12.6. The molecule has 1 aliphatic rings. The fourth-order valence-corrected chi connectivity index (χ4v) is 5.49. The van der Waals surface area contributed by atoms with Crippen LogP contribution in [0.3, 0.4) is 0 Å². The summed E-state index contributed by atoms with van der Waals surface area (Å²) in [6.45, 7) is 0.330. The van der Waals surface area contributed by atoms with Gasteiger partial charge in [-0.3, -0.25) is 9.59 Å². The average Bonchev–Trinajstić information content (AvgIpc) is 3.47. The summed E-state index contributed by atoms with van der Waals surface area (Å²) >= 11 is 4.63. The first-order valence-electron chi connectivity index (χ1n) is 8.86. The van der Waals surface area contributed by atoms with Crippen LogP contribution in [0.1, 0.15) is 11.3 Å². The summed E-state index contributed by atoms with van der Waals surface area (Å²) in [5, 5.41) is 13.5.